The first-order chi connectivity index (χ1) is 8.21. The quantitative estimate of drug-likeness (QED) is 0.728. The Balaban J connectivity index is 2.50. The highest BCUT2D eigenvalue weighted by atomic mass is 32.2. The molecular weight excluding hydrogens is 235 g/mol. The van der Waals surface area contributed by atoms with Gasteiger partial charge >= 0.3 is 0 Å². The van der Waals surface area contributed by atoms with E-state index in [1.165, 1.54) is 17.8 Å². The molecule has 0 fully saturated rings. The van der Waals surface area contributed by atoms with E-state index in [9.17, 15) is 4.39 Å². The fourth-order valence-corrected chi connectivity index (χ4v) is 2.44. The van der Waals surface area contributed by atoms with Crippen LogP contribution in [0.5, 0.6) is 0 Å². The SMILES string of the molecule is CCN(CC)CCSc1ccc(C#N)cc1F. The van der Waals surface area contributed by atoms with Crippen molar-refractivity contribution in [1.82, 2.24) is 4.90 Å². The smallest absolute Gasteiger partial charge is 0.138 e. The predicted octanol–water partition coefficient (Wildman–Crippen LogP) is 3.13. The van der Waals surface area contributed by atoms with Gasteiger partial charge in [0.2, 0.25) is 0 Å². The molecule has 0 radical (unpaired) electrons. The molecule has 0 bridgehead atoms. The third-order valence-corrected chi connectivity index (χ3v) is 3.65. The number of nitrogens with zero attached hydrogens (tertiary/aromatic N) is 2. The average molecular weight is 252 g/mol. The van der Waals surface area contributed by atoms with Gasteiger partial charge in [0, 0.05) is 17.2 Å². The number of rotatable bonds is 6. The molecule has 2 nitrogen and oxygen atoms in total. The van der Waals surface area contributed by atoms with E-state index in [0.29, 0.717) is 10.5 Å². The van der Waals surface area contributed by atoms with Gasteiger partial charge in [-0.3, -0.25) is 0 Å². The fourth-order valence-electron chi connectivity index (χ4n) is 1.51. The zero-order chi connectivity index (χ0) is 12.7. The second kappa shape index (κ2) is 7.31. The van der Waals surface area contributed by atoms with E-state index in [2.05, 4.69) is 18.7 Å². The minimum Gasteiger partial charge on any atom is -0.303 e. The van der Waals surface area contributed by atoms with Gasteiger partial charge in [0.25, 0.3) is 0 Å². The third kappa shape index (κ3) is 4.37. The monoisotopic (exact) mass is 252 g/mol. The maximum atomic E-state index is 13.5. The molecule has 0 saturated heterocycles. The summed E-state index contributed by atoms with van der Waals surface area (Å²) in [5, 5.41) is 8.64. The summed E-state index contributed by atoms with van der Waals surface area (Å²) in [4.78, 5) is 2.92. The minimum atomic E-state index is -0.298. The summed E-state index contributed by atoms with van der Waals surface area (Å²) in [6.07, 6.45) is 0. The minimum absolute atomic E-state index is 0.298. The molecule has 0 unspecified atom stereocenters. The summed E-state index contributed by atoms with van der Waals surface area (Å²) >= 11 is 1.50. The zero-order valence-electron chi connectivity index (χ0n) is 10.2. The van der Waals surface area contributed by atoms with Gasteiger partial charge in [0.05, 0.1) is 11.6 Å². The topological polar surface area (TPSA) is 27.0 Å². The van der Waals surface area contributed by atoms with E-state index >= 15 is 0 Å². The van der Waals surface area contributed by atoms with Gasteiger partial charge in [-0.05, 0) is 31.3 Å². The van der Waals surface area contributed by atoms with Gasteiger partial charge < -0.3 is 4.90 Å². The van der Waals surface area contributed by atoms with Crippen LogP contribution in [-0.2, 0) is 0 Å². The Hall–Kier alpha value is -1.05. The van der Waals surface area contributed by atoms with Crippen molar-refractivity contribution < 1.29 is 4.39 Å². The van der Waals surface area contributed by atoms with E-state index < -0.39 is 0 Å². The molecule has 1 aromatic carbocycles. The lowest BCUT2D eigenvalue weighted by atomic mass is 10.2. The molecule has 0 aliphatic rings. The van der Waals surface area contributed by atoms with E-state index in [-0.39, 0.29) is 5.82 Å². The van der Waals surface area contributed by atoms with E-state index in [1.54, 1.807) is 12.1 Å². The Morgan fingerprint density at radius 1 is 1.35 bits per heavy atom. The lowest BCUT2D eigenvalue weighted by Gasteiger charge is -2.17. The van der Waals surface area contributed by atoms with Crippen LogP contribution in [0.15, 0.2) is 23.1 Å². The summed E-state index contributed by atoms with van der Waals surface area (Å²) in [5.41, 5.74) is 0.371. The van der Waals surface area contributed by atoms with Gasteiger partial charge in [0.1, 0.15) is 5.82 Å². The van der Waals surface area contributed by atoms with E-state index in [4.69, 9.17) is 5.26 Å². The summed E-state index contributed by atoms with van der Waals surface area (Å²) in [7, 11) is 0. The number of halogens is 1. The number of benzene rings is 1. The molecule has 0 N–H and O–H groups in total. The summed E-state index contributed by atoms with van der Waals surface area (Å²) in [5.74, 6) is 0.568. The Kier molecular flexibility index (Phi) is 6.03. The Morgan fingerprint density at radius 2 is 2.06 bits per heavy atom. The fraction of sp³-hybridized carbons (Fsp3) is 0.462. The predicted molar refractivity (Wildman–Crippen MR) is 69.6 cm³/mol. The molecule has 17 heavy (non-hydrogen) atoms. The van der Waals surface area contributed by atoms with Crippen LogP contribution in [-0.4, -0.2) is 30.3 Å². The van der Waals surface area contributed by atoms with Crippen molar-refractivity contribution in [2.24, 2.45) is 0 Å². The summed E-state index contributed by atoms with van der Waals surface area (Å²) in [6.45, 7) is 7.24. The molecule has 1 aromatic rings. The van der Waals surface area contributed by atoms with Crippen molar-refractivity contribution in [2.75, 3.05) is 25.4 Å². The van der Waals surface area contributed by atoms with Gasteiger partial charge in [-0.15, -0.1) is 11.8 Å². The highest BCUT2D eigenvalue weighted by molar-refractivity contribution is 7.99. The number of thioether (sulfide) groups is 1. The zero-order valence-corrected chi connectivity index (χ0v) is 11.1. The van der Waals surface area contributed by atoms with Crippen molar-refractivity contribution in [3.05, 3.63) is 29.6 Å². The molecule has 0 amide bonds. The highest BCUT2D eigenvalue weighted by Gasteiger charge is 2.05. The molecule has 0 aliphatic heterocycles. The van der Waals surface area contributed by atoms with Crippen molar-refractivity contribution in [3.8, 4) is 6.07 Å². The second-order valence-corrected chi connectivity index (χ2v) is 4.77. The lowest BCUT2D eigenvalue weighted by molar-refractivity contribution is 0.324. The molecular formula is C13H17FN2S. The number of nitriles is 1. The van der Waals surface area contributed by atoms with Crippen LogP contribution in [0.3, 0.4) is 0 Å². The van der Waals surface area contributed by atoms with Gasteiger partial charge in [-0.2, -0.15) is 5.26 Å². The summed E-state index contributed by atoms with van der Waals surface area (Å²) in [6, 6.07) is 6.56. The van der Waals surface area contributed by atoms with Gasteiger partial charge in [-0.25, -0.2) is 4.39 Å². The molecule has 92 valence electrons. The van der Waals surface area contributed by atoms with Crippen molar-refractivity contribution in [3.63, 3.8) is 0 Å². The maximum absolute atomic E-state index is 13.5. The average Bonchev–Trinajstić information content (AvgIpc) is 2.36. The molecule has 0 heterocycles. The number of hydrogen-bond donors (Lipinski definition) is 0. The van der Waals surface area contributed by atoms with Gasteiger partial charge in [0.15, 0.2) is 0 Å². The van der Waals surface area contributed by atoms with Crippen molar-refractivity contribution in [2.45, 2.75) is 18.7 Å². The third-order valence-electron chi connectivity index (χ3n) is 2.62. The molecule has 0 spiro atoms. The molecule has 0 aliphatic carbocycles. The first-order valence-electron chi connectivity index (χ1n) is 5.76. The first-order valence-corrected chi connectivity index (χ1v) is 6.74. The number of hydrogen-bond acceptors (Lipinski definition) is 3. The molecule has 4 heteroatoms. The van der Waals surface area contributed by atoms with Crippen LogP contribution in [0.4, 0.5) is 4.39 Å². The molecule has 0 aromatic heterocycles. The standard InChI is InChI=1S/C13H17FN2S/c1-3-16(4-2)7-8-17-13-6-5-11(10-15)9-12(13)14/h5-6,9H,3-4,7-8H2,1-2H3. The highest BCUT2D eigenvalue weighted by Crippen LogP contribution is 2.22. The van der Waals surface area contributed by atoms with Crippen LogP contribution >= 0.6 is 11.8 Å². The van der Waals surface area contributed by atoms with Crippen LogP contribution < -0.4 is 0 Å². The second-order valence-electron chi connectivity index (χ2n) is 3.63. The van der Waals surface area contributed by atoms with Crippen molar-refractivity contribution >= 4 is 11.8 Å². The maximum Gasteiger partial charge on any atom is 0.138 e. The van der Waals surface area contributed by atoms with Crippen LogP contribution in [0, 0.1) is 17.1 Å². The molecule has 0 saturated carbocycles. The van der Waals surface area contributed by atoms with Crippen LogP contribution in [0.25, 0.3) is 0 Å². The van der Waals surface area contributed by atoms with Crippen molar-refractivity contribution in [1.29, 1.82) is 5.26 Å². The summed E-state index contributed by atoms with van der Waals surface area (Å²) < 4.78 is 13.5. The van der Waals surface area contributed by atoms with Crippen LogP contribution in [0.1, 0.15) is 19.4 Å². The van der Waals surface area contributed by atoms with Gasteiger partial charge in [-0.1, -0.05) is 13.8 Å². The molecule has 0 atom stereocenters. The Morgan fingerprint density at radius 3 is 2.59 bits per heavy atom. The van der Waals surface area contributed by atoms with E-state index in [0.717, 1.165) is 25.4 Å². The molecule has 1 rings (SSSR count). The Bertz CT molecular complexity index is 397. The largest absolute Gasteiger partial charge is 0.303 e. The first kappa shape index (κ1) is 14.0. The Labute approximate surface area is 106 Å². The normalized spacial score (nSPS) is 10.5. The lowest BCUT2D eigenvalue weighted by Crippen LogP contribution is -2.25. The van der Waals surface area contributed by atoms with E-state index in [1.807, 2.05) is 6.07 Å². The van der Waals surface area contributed by atoms with Crippen LogP contribution in [0.2, 0.25) is 0 Å².